The van der Waals surface area contributed by atoms with E-state index in [-0.39, 0.29) is 55.2 Å². The number of unbranched alkanes of at least 4 members (excludes halogenated alkanes) is 1. The van der Waals surface area contributed by atoms with Crippen LogP contribution in [-0.2, 0) is 23.7 Å². The van der Waals surface area contributed by atoms with Crippen molar-refractivity contribution in [2.75, 3.05) is 0 Å². The molecule has 1 unspecified atom stereocenters. The lowest BCUT2D eigenvalue weighted by molar-refractivity contribution is -0.138. The van der Waals surface area contributed by atoms with E-state index in [2.05, 4.69) is 9.47 Å². The molecule has 0 aromatic carbocycles. The molecule has 1 rings (SSSR count). The zero-order valence-corrected chi connectivity index (χ0v) is 14.8. The number of carbonyl (C=O) groups is 4. The Balaban J connectivity index is 2.44. The predicted molar refractivity (Wildman–Crippen MR) is 88.4 cm³/mol. The zero-order chi connectivity index (χ0) is 18.1. The summed E-state index contributed by atoms with van der Waals surface area (Å²) in [5.74, 6) is -2.26. The first kappa shape index (κ1) is 20.7. The molecule has 1 fully saturated rings. The third-order valence-electron chi connectivity index (χ3n) is 4.51. The van der Waals surface area contributed by atoms with E-state index in [9.17, 15) is 19.2 Å². The van der Waals surface area contributed by atoms with E-state index in [1.165, 1.54) is 0 Å². The van der Waals surface area contributed by atoms with Gasteiger partial charge in [-0.25, -0.2) is 0 Å². The van der Waals surface area contributed by atoms with E-state index in [1.807, 2.05) is 0 Å². The van der Waals surface area contributed by atoms with E-state index < -0.39 is 11.9 Å². The summed E-state index contributed by atoms with van der Waals surface area (Å²) >= 11 is 0. The Morgan fingerprint density at radius 1 is 1.00 bits per heavy atom. The fraction of sp³-hybridized carbons (Fsp3) is 0.750. The lowest BCUT2D eigenvalue weighted by Gasteiger charge is -2.22. The van der Waals surface area contributed by atoms with E-state index >= 15 is 0 Å². The number of aliphatic carboxylic acids is 2. The van der Waals surface area contributed by atoms with E-state index in [0.717, 1.165) is 0 Å². The second-order valence-electron chi connectivity index (χ2n) is 6.23. The second-order valence-corrected chi connectivity index (χ2v) is 6.50. The summed E-state index contributed by atoms with van der Waals surface area (Å²) in [6.07, 6.45) is 2.32. The highest BCUT2D eigenvalue weighted by Crippen LogP contribution is 2.38. The SMILES string of the molecule is O=C(O)CCCCC(=O)CC[C@H]1C(=O)C[C@H](OP)[C@@H]1CCC(=O)O. The van der Waals surface area contributed by atoms with Crippen LogP contribution in [0.3, 0.4) is 0 Å². The Morgan fingerprint density at radius 3 is 2.21 bits per heavy atom. The zero-order valence-electron chi connectivity index (χ0n) is 13.6. The molecule has 136 valence electrons. The molecular weight excluding hydrogens is 335 g/mol. The molecule has 1 aliphatic rings. The Morgan fingerprint density at radius 2 is 1.62 bits per heavy atom. The number of carbonyl (C=O) groups excluding carboxylic acids is 2. The first-order valence-electron chi connectivity index (χ1n) is 8.18. The third-order valence-corrected chi connectivity index (χ3v) is 4.86. The van der Waals surface area contributed by atoms with Crippen molar-refractivity contribution in [2.45, 2.75) is 63.9 Å². The van der Waals surface area contributed by atoms with Gasteiger partial charge in [0, 0.05) is 47.5 Å². The summed E-state index contributed by atoms with van der Waals surface area (Å²) in [7, 11) is 2.13. The number of Topliss-reactive ketones (excluding diaryl/α,β-unsaturated/α-hetero) is 2. The van der Waals surface area contributed by atoms with Crippen molar-refractivity contribution < 1.29 is 33.9 Å². The van der Waals surface area contributed by atoms with Gasteiger partial charge in [-0.2, -0.15) is 0 Å². The van der Waals surface area contributed by atoms with Crippen LogP contribution in [0, 0.1) is 11.8 Å². The average Bonchev–Trinajstić information content (AvgIpc) is 2.82. The predicted octanol–water partition coefficient (Wildman–Crippen LogP) is 2.23. The van der Waals surface area contributed by atoms with E-state index in [0.29, 0.717) is 32.1 Å². The topological polar surface area (TPSA) is 118 Å². The molecule has 0 aromatic heterocycles. The molecule has 0 amide bonds. The molecule has 0 aromatic rings. The molecule has 7 nitrogen and oxygen atoms in total. The summed E-state index contributed by atoms with van der Waals surface area (Å²) < 4.78 is 5.23. The molecule has 0 bridgehead atoms. The van der Waals surface area contributed by atoms with Crippen LogP contribution in [-0.4, -0.2) is 39.8 Å². The summed E-state index contributed by atoms with van der Waals surface area (Å²) in [6, 6.07) is 0. The van der Waals surface area contributed by atoms with Gasteiger partial charge in [0.2, 0.25) is 0 Å². The summed E-state index contributed by atoms with van der Waals surface area (Å²) in [5, 5.41) is 17.4. The van der Waals surface area contributed by atoms with Gasteiger partial charge in [0.15, 0.2) is 0 Å². The minimum atomic E-state index is -0.912. The normalized spacial score (nSPS) is 23.4. The van der Waals surface area contributed by atoms with Crippen LogP contribution in [0.2, 0.25) is 0 Å². The molecule has 2 N–H and O–H groups in total. The summed E-state index contributed by atoms with van der Waals surface area (Å²) in [4.78, 5) is 45.2. The molecule has 4 atom stereocenters. The number of hydrogen-bond acceptors (Lipinski definition) is 5. The maximum absolute atomic E-state index is 12.1. The standard InChI is InChI=1S/C16H25O7P/c17-10(3-1-2-4-15(19)20)5-6-11-12(7-8-16(21)22)14(23-24)9-13(11)18/h11-12,14H,1-9,24H2,(H,19,20)(H,21,22)/t11-,12-,14+/m1/s1. The van der Waals surface area contributed by atoms with Gasteiger partial charge < -0.3 is 14.7 Å². The molecule has 1 saturated carbocycles. The highest BCUT2D eigenvalue weighted by molar-refractivity contribution is 7.09. The van der Waals surface area contributed by atoms with Gasteiger partial charge in [0.05, 0.1) is 6.10 Å². The van der Waals surface area contributed by atoms with Crippen LogP contribution in [0.4, 0.5) is 0 Å². The van der Waals surface area contributed by atoms with Crippen molar-refractivity contribution in [3.63, 3.8) is 0 Å². The first-order chi connectivity index (χ1) is 11.3. The van der Waals surface area contributed by atoms with E-state index in [4.69, 9.17) is 14.7 Å². The Kier molecular flexibility index (Phi) is 9.08. The minimum absolute atomic E-state index is 0.0143. The smallest absolute Gasteiger partial charge is 0.303 e. The third kappa shape index (κ3) is 7.05. The highest BCUT2D eigenvalue weighted by atomic mass is 31.0. The molecule has 1 aliphatic carbocycles. The summed E-state index contributed by atoms with van der Waals surface area (Å²) in [5.41, 5.74) is 0. The Bertz CT molecular complexity index is 477. The van der Waals surface area contributed by atoms with Crippen molar-refractivity contribution in [2.24, 2.45) is 11.8 Å². The first-order valence-corrected chi connectivity index (χ1v) is 8.65. The molecule has 24 heavy (non-hydrogen) atoms. The number of hydrogen-bond donors (Lipinski definition) is 2. The van der Waals surface area contributed by atoms with Crippen LogP contribution in [0.1, 0.15) is 57.8 Å². The lowest BCUT2D eigenvalue weighted by Crippen LogP contribution is -2.23. The Labute approximate surface area is 143 Å². The van der Waals surface area contributed by atoms with Crippen LogP contribution >= 0.6 is 9.47 Å². The largest absolute Gasteiger partial charge is 0.481 e. The molecule has 0 aliphatic heterocycles. The van der Waals surface area contributed by atoms with Crippen molar-refractivity contribution in [3.05, 3.63) is 0 Å². The van der Waals surface area contributed by atoms with Crippen molar-refractivity contribution in [1.29, 1.82) is 0 Å². The second kappa shape index (κ2) is 10.5. The van der Waals surface area contributed by atoms with Crippen molar-refractivity contribution in [1.82, 2.24) is 0 Å². The lowest BCUT2D eigenvalue weighted by atomic mass is 9.86. The van der Waals surface area contributed by atoms with Crippen LogP contribution in [0.5, 0.6) is 0 Å². The van der Waals surface area contributed by atoms with E-state index in [1.54, 1.807) is 0 Å². The maximum Gasteiger partial charge on any atom is 0.303 e. The highest BCUT2D eigenvalue weighted by Gasteiger charge is 2.42. The monoisotopic (exact) mass is 360 g/mol. The molecule has 8 heteroatoms. The van der Waals surface area contributed by atoms with Gasteiger partial charge in [-0.3, -0.25) is 19.2 Å². The average molecular weight is 360 g/mol. The van der Waals surface area contributed by atoms with Gasteiger partial charge in [-0.15, -0.1) is 0 Å². The molecule has 0 saturated heterocycles. The van der Waals surface area contributed by atoms with Gasteiger partial charge >= 0.3 is 11.9 Å². The summed E-state index contributed by atoms with van der Waals surface area (Å²) in [6.45, 7) is 0. The van der Waals surface area contributed by atoms with Crippen LogP contribution in [0.15, 0.2) is 0 Å². The number of carboxylic acid groups (broad SMARTS) is 2. The van der Waals surface area contributed by atoms with Crippen LogP contribution in [0.25, 0.3) is 0 Å². The maximum atomic E-state index is 12.1. The fourth-order valence-electron chi connectivity index (χ4n) is 3.24. The molecular formula is C16H25O7P. The molecule has 0 spiro atoms. The quantitative estimate of drug-likeness (QED) is 0.405. The fourth-order valence-corrected chi connectivity index (χ4v) is 3.54. The van der Waals surface area contributed by atoms with Crippen LogP contribution < -0.4 is 0 Å². The van der Waals surface area contributed by atoms with Gasteiger partial charge in [0.1, 0.15) is 11.6 Å². The number of rotatable bonds is 12. The number of carboxylic acids is 2. The van der Waals surface area contributed by atoms with Crippen molar-refractivity contribution >= 4 is 33.0 Å². The molecule has 0 radical (unpaired) electrons. The minimum Gasteiger partial charge on any atom is -0.481 e. The van der Waals surface area contributed by atoms with Crippen molar-refractivity contribution in [3.8, 4) is 0 Å². The van der Waals surface area contributed by atoms with Gasteiger partial charge in [-0.1, -0.05) is 0 Å². The van der Waals surface area contributed by atoms with Gasteiger partial charge in [0.25, 0.3) is 0 Å². The Hall–Kier alpha value is -1.33. The number of ketones is 2. The van der Waals surface area contributed by atoms with Gasteiger partial charge in [-0.05, 0) is 31.6 Å². The molecule has 0 heterocycles.